The molecule has 0 spiro atoms. The van der Waals surface area contributed by atoms with Crippen LogP contribution in [0.1, 0.15) is 45.6 Å². The molecule has 0 saturated carbocycles. The van der Waals surface area contributed by atoms with Gasteiger partial charge in [0.25, 0.3) is 0 Å². The zero-order valence-corrected chi connectivity index (χ0v) is 13.7. The highest BCUT2D eigenvalue weighted by Gasteiger charge is 2.18. The van der Waals surface area contributed by atoms with E-state index >= 15 is 0 Å². The second kappa shape index (κ2) is 7.72. The van der Waals surface area contributed by atoms with Gasteiger partial charge < -0.3 is 5.32 Å². The fraction of sp³-hybridized carbons (Fsp3) is 0.588. The van der Waals surface area contributed by atoms with Crippen molar-refractivity contribution in [3.05, 3.63) is 29.8 Å². The van der Waals surface area contributed by atoms with Crippen LogP contribution in [0.15, 0.2) is 29.3 Å². The van der Waals surface area contributed by atoms with Crippen LogP contribution in [-0.2, 0) is 6.42 Å². The third kappa shape index (κ3) is 4.55. The second-order valence-corrected chi connectivity index (χ2v) is 6.89. The van der Waals surface area contributed by atoms with Gasteiger partial charge in [0.05, 0.1) is 6.04 Å². The molecule has 0 aromatic heterocycles. The normalized spacial score (nSPS) is 19.0. The molecule has 20 heavy (non-hydrogen) atoms. The highest BCUT2D eigenvalue weighted by molar-refractivity contribution is 8.14. The van der Waals surface area contributed by atoms with E-state index in [0.29, 0.717) is 12.0 Å². The van der Waals surface area contributed by atoms with Crippen molar-refractivity contribution in [3.63, 3.8) is 0 Å². The third-order valence-corrected chi connectivity index (χ3v) is 4.65. The number of nitrogens with one attached hydrogen (secondary N) is 1. The lowest BCUT2D eigenvalue weighted by atomic mass is 10.0. The minimum Gasteiger partial charge on any atom is -0.335 e. The van der Waals surface area contributed by atoms with Crippen molar-refractivity contribution in [1.29, 1.82) is 0 Å². The minimum atomic E-state index is 0.475. The first-order valence-corrected chi connectivity index (χ1v) is 8.74. The molecular formula is C17H26N2S. The molecule has 1 atom stereocenters. The van der Waals surface area contributed by atoms with Crippen molar-refractivity contribution in [2.24, 2.45) is 10.9 Å². The summed E-state index contributed by atoms with van der Waals surface area (Å²) in [4.78, 5) is 4.82. The summed E-state index contributed by atoms with van der Waals surface area (Å²) in [5.41, 5.74) is 2.58. The van der Waals surface area contributed by atoms with E-state index in [2.05, 4.69) is 50.4 Å². The van der Waals surface area contributed by atoms with E-state index in [1.165, 1.54) is 37.0 Å². The zero-order valence-electron chi connectivity index (χ0n) is 12.9. The second-order valence-electron chi connectivity index (χ2n) is 5.81. The number of nitrogens with zero attached hydrogens (tertiary/aromatic N) is 1. The summed E-state index contributed by atoms with van der Waals surface area (Å²) in [6, 6.07) is 9.28. The van der Waals surface area contributed by atoms with Gasteiger partial charge >= 0.3 is 0 Å². The first-order chi connectivity index (χ1) is 9.69. The summed E-state index contributed by atoms with van der Waals surface area (Å²) in [5, 5.41) is 4.54. The van der Waals surface area contributed by atoms with Crippen LogP contribution in [0.5, 0.6) is 0 Å². The summed E-state index contributed by atoms with van der Waals surface area (Å²) in [5.74, 6) is 1.80. The summed E-state index contributed by atoms with van der Waals surface area (Å²) >= 11 is 1.84. The molecule has 110 valence electrons. The Bertz CT molecular complexity index is 437. The zero-order chi connectivity index (χ0) is 14.4. The van der Waals surface area contributed by atoms with Crippen molar-refractivity contribution in [1.82, 2.24) is 0 Å². The maximum absolute atomic E-state index is 4.82. The molecule has 1 aliphatic rings. The van der Waals surface area contributed by atoms with Gasteiger partial charge in [-0.15, -0.1) is 0 Å². The Morgan fingerprint density at radius 2 is 2.05 bits per heavy atom. The number of rotatable bonds is 5. The van der Waals surface area contributed by atoms with E-state index in [-0.39, 0.29) is 0 Å². The van der Waals surface area contributed by atoms with Gasteiger partial charge in [-0.2, -0.15) is 0 Å². The minimum absolute atomic E-state index is 0.475. The molecule has 2 rings (SSSR count). The first-order valence-electron chi connectivity index (χ1n) is 7.75. The highest BCUT2D eigenvalue weighted by atomic mass is 32.2. The molecule has 0 fully saturated rings. The van der Waals surface area contributed by atoms with Crippen LogP contribution in [0.25, 0.3) is 0 Å². The van der Waals surface area contributed by atoms with Crippen LogP contribution in [0.2, 0.25) is 0 Å². The van der Waals surface area contributed by atoms with Crippen LogP contribution < -0.4 is 5.32 Å². The molecule has 2 nitrogen and oxygen atoms in total. The predicted molar refractivity (Wildman–Crippen MR) is 91.8 cm³/mol. The SMILES string of the molecule is CCCCc1ccc(NC2=NC(C(C)C)CCS2)cc1. The van der Waals surface area contributed by atoms with E-state index < -0.39 is 0 Å². The number of thioether (sulfide) groups is 1. The monoisotopic (exact) mass is 290 g/mol. The van der Waals surface area contributed by atoms with Crippen LogP contribution >= 0.6 is 11.8 Å². The third-order valence-electron chi connectivity index (χ3n) is 3.73. The number of unbranched alkanes of at least 4 members (excludes halogenated alkanes) is 1. The lowest BCUT2D eigenvalue weighted by molar-refractivity contribution is 0.485. The van der Waals surface area contributed by atoms with Crippen LogP contribution in [0, 0.1) is 5.92 Å². The Hall–Kier alpha value is -0.960. The maximum Gasteiger partial charge on any atom is 0.161 e. The smallest absolute Gasteiger partial charge is 0.161 e. The molecule has 0 radical (unpaired) electrons. The molecule has 1 aliphatic heterocycles. The van der Waals surface area contributed by atoms with Crippen LogP contribution in [-0.4, -0.2) is 17.0 Å². The Morgan fingerprint density at radius 3 is 2.70 bits per heavy atom. The van der Waals surface area contributed by atoms with Crippen molar-refractivity contribution >= 4 is 22.6 Å². The van der Waals surface area contributed by atoms with E-state index in [9.17, 15) is 0 Å². The standard InChI is InChI=1S/C17H26N2S/c1-4-5-6-14-7-9-15(10-8-14)18-17-19-16(13(2)3)11-12-20-17/h7-10,13,16H,4-6,11-12H2,1-3H3,(H,18,19). The van der Waals surface area contributed by atoms with Gasteiger partial charge in [-0.25, -0.2) is 0 Å². The quantitative estimate of drug-likeness (QED) is 0.829. The molecule has 1 heterocycles. The molecule has 3 heteroatoms. The summed E-state index contributed by atoms with van der Waals surface area (Å²) < 4.78 is 0. The van der Waals surface area contributed by atoms with Gasteiger partial charge in [0.15, 0.2) is 5.17 Å². The number of aliphatic imine (C=N–C) groups is 1. The highest BCUT2D eigenvalue weighted by Crippen LogP contribution is 2.24. The summed E-state index contributed by atoms with van der Waals surface area (Å²) in [6.07, 6.45) is 4.90. The lowest BCUT2D eigenvalue weighted by Crippen LogP contribution is -2.23. The average molecular weight is 290 g/mol. The predicted octanol–water partition coefficient (Wildman–Crippen LogP) is 4.96. The van der Waals surface area contributed by atoms with Crippen molar-refractivity contribution < 1.29 is 0 Å². The maximum atomic E-state index is 4.82. The number of aryl methyl sites for hydroxylation is 1. The number of anilines is 1. The number of hydrogen-bond donors (Lipinski definition) is 1. The van der Waals surface area contributed by atoms with Crippen molar-refractivity contribution in [2.75, 3.05) is 11.1 Å². The number of benzene rings is 1. The van der Waals surface area contributed by atoms with Gasteiger partial charge in [0, 0.05) is 11.4 Å². The van der Waals surface area contributed by atoms with E-state index in [1.807, 2.05) is 11.8 Å². The molecule has 0 bridgehead atoms. The summed E-state index contributed by atoms with van der Waals surface area (Å²) in [6.45, 7) is 6.74. The van der Waals surface area contributed by atoms with Crippen molar-refractivity contribution in [3.8, 4) is 0 Å². The molecule has 0 saturated heterocycles. The van der Waals surface area contributed by atoms with Gasteiger partial charge in [-0.05, 0) is 42.9 Å². The fourth-order valence-corrected chi connectivity index (χ4v) is 3.29. The van der Waals surface area contributed by atoms with Crippen LogP contribution in [0.4, 0.5) is 5.69 Å². The first kappa shape index (κ1) is 15.4. The Morgan fingerprint density at radius 1 is 1.30 bits per heavy atom. The van der Waals surface area contributed by atoms with Crippen molar-refractivity contribution in [2.45, 2.75) is 52.5 Å². The van der Waals surface area contributed by atoms with Gasteiger partial charge in [-0.1, -0.05) is 51.1 Å². The summed E-state index contributed by atoms with van der Waals surface area (Å²) in [7, 11) is 0. The van der Waals surface area contributed by atoms with Gasteiger partial charge in [0.1, 0.15) is 0 Å². The fourth-order valence-electron chi connectivity index (χ4n) is 2.34. The van der Waals surface area contributed by atoms with E-state index in [1.54, 1.807) is 0 Å². The Labute approximate surface area is 127 Å². The topological polar surface area (TPSA) is 24.4 Å². The van der Waals surface area contributed by atoms with E-state index in [0.717, 1.165) is 10.9 Å². The largest absolute Gasteiger partial charge is 0.335 e. The molecule has 0 aliphatic carbocycles. The molecule has 1 aromatic rings. The Kier molecular flexibility index (Phi) is 5.96. The van der Waals surface area contributed by atoms with Crippen LogP contribution in [0.3, 0.4) is 0 Å². The molecule has 1 aromatic carbocycles. The molecule has 1 N–H and O–H groups in total. The van der Waals surface area contributed by atoms with E-state index in [4.69, 9.17) is 4.99 Å². The van der Waals surface area contributed by atoms with Gasteiger partial charge in [0.2, 0.25) is 0 Å². The molecule has 1 unspecified atom stereocenters. The Balaban J connectivity index is 1.95. The lowest BCUT2D eigenvalue weighted by Gasteiger charge is -2.23. The molecule has 0 amide bonds. The number of amidine groups is 1. The number of hydrogen-bond acceptors (Lipinski definition) is 3. The average Bonchev–Trinajstić information content (AvgIpc) is 2.47. The van der Waals surface area contributed by atoms with Gasteiger partial charge in [-0.3, -0.25) is 4.99 Å². The molecular weight excluding hydrogens is 264 g/mol.